The molecule has 9 heteroatoms. The Balaban J connectivity index is 0.00000363. The van der Waals surface area contributed by atoms with Gasteiger partial charge in [0.25, 0.3) is 0 Å². The molecule has 8 nitrogen and oxygen atoms in total. The maximum Gasteiger partial charge on any atom is 0.224 e. The molecule has 2 heterocycles. The molecule has 32 heavy (non-hydrogen) atoms. The van der Waals surface area contributed by atoms with E-state index in [0.717, 1.165) is 44.5 Å². The number of halogens is 1. The first-order valence-electron chi connectivity index (χ1n) is 11.8. The van der Waals surface area contributed by atoms with Gasteiger partial charge < -0.3 is 25.2 Å². The first kappa shape index (κ1) is 26.6. The lowest BCUT2D eigenvalue weighted by atomic mass is 10.1. The third kappa shape index (κ3) is 9.09. The number of ether oxygens (including phenoxy) is 1. The zero-order valence-corrected chi connectivity index (χ0v) is 21.6. The topological polar surface area (TPSA) is 82.1 Å². The van der Waals surface area contributed by atoms with Crippen molar-refractivity contribution in [3.8, 4) is 0 Å². The van der Waals surface area contributed by atoms with E-state index in [9.17, 15) is 4.79 Å². The Morgan fingerprint density at radius 3 is 2.47 bits per heavy atom. The molecule has 0 atom stereocenters. The maximum absolute atomic E-state index is 12.5. The number of carbonyl (C=O) groups excluding carboxylic acids is 1. The highest BCUT2D eigenvalue weighted by Crippen LogP contribution is 2.19. The number of carbonyl (C=O) groups is 1. The van der Waals surface area contributed by atoms with E-state index >= 15 is 0 Å². The summed E-state index contributed by atoms with van der Waals surface area (Å²) in [4.78, 5) is 25.4. The summed E-state index contributed by atoms with van der Waals surface area (Å²) in [6.45, 7) is 5.09. The minimum atomic E-state index is 0. The third-order valence-electron chi connectivity index (χ3n) is 6.01. The lowest BCUT2D eigenvalue weighted by molar-refractivity contribution is -0.131. The number of piperazine rings is 1. The highest BCUT2D eigenvalue weighted by Gasteiger charge is 2.21. The molecule has 0 unspecified atom stereocenters. The Bertz CT molecular complexity index is 674. The van der Waals surface area contributed by atoms with E-state index in [2.05, 4.69) is 25.5 Å². The summed E-state index contributed by atoms with van der Waals surface area (Å²) in [6.07, 6.45) is 10.3. The van der Waals surface area contributed by atoms with Gasteiger partial charge in [-0.2, -0.15) is 0 Å². The summed E-state index contributed by atoms with van der Waals surface area (Å²) in [6, 6.07) is 5.93. The fourth-order valence-electron chi connectivity index (χ4n) is 4.20. The van der Waals surface area contributed by atoms with Crippen LogP contribution < -0.4 is 15.5 Å². The predicted molar refractivity (Wildman–Crippen MR) is 140 cm³/mol. The fourth-order valence-corrected chi connectivity index (χ4v) is 4.20. The Hall–Kier alpha value is -1.62. The first-order chi connectivity index (χ1) is 15.3. The molecule has 0 radical (unpaired) electrons. The molecule has 180 valence electrons. The maximum atomic E-state index is 12.5. The van der Waals surface area contributed by atoms with Crippen LogP contribution in [0.5, 0.6) is 0 Å². The predicted octanol–water partition coefficient (Wildman–Crippen LogP) is 2.64. The molecule has 1 aliphatic heterocycles. The fraction of sp³-hybridized carbons (Fsp3) is 0.696. The van der Waals surface area contributed by atoms with Gasteiger partial charge in [-0.15, -0.1) is 24.0 Å². The Morgan fingerprint density at radius 2 is 1.81 bits per heavy atom. The molecule has 3 rings (SSSR count). The van der Waals surface area contributed by atoms with Crippen molar-refractivity contribution in [2.24, 2.45) is 4.99 Å². The molecule has 0 bridgehead atoms. The van der Waals surface area contributed by atoms with E-state index < -0.39 is 0 Å². The second kappa shape index (κ2) is 15.3. The molecule has 0 spiro atoms. The lowest BCUT2D eigenvalue weighted by Gasteiger charge is -2.35. The van der Waals surface area contributed by atoms with Crippen molar-refractivity contribution in [2.45, 2.75) is 51.0 Å². The number of nitrogens with zero attached hydrogens (tertiary/aromatic N) is 4. The SMILES string of the molecule is CN=C(NCCOC1CCCCCC1)NCCC(=O)N1CCN(c2ccccn2)CC1.I. The van der Waals surface area contributed by atoms with Gasteiger partial charge in [0, 0.05) is 58.9 Å². The number of aromatic nitrogens is 1. The lowest BCUT2D eigenvalue weighted by Crippen LogP contribution is -2.49. The van der Waals surface area contributed by atoms with Gasteiger partial charge in [-0.1, -0.05) is 31.7 Å². The zero-order chi connectivity index (χ0) is 21.7. The number of hydrogen-bond acceptors (Lipinski definition) is 5. The third-order valence-corrected chi connectivity index (χ3v) is 6.01. The van der Waals surface area contributed by atoms with Crippen molar-refractivity contribution in [3.05, 3.63) is 24.4 Å². The minimum Gasteiger partial charge on any atom is -0.376 e. The largest absolute Gasteiger partial charge is 0.376 e. The van der Waals surface area contributed by atoms with E-state index in [4.69, 9.17) is 4.74 Å². The Kier molecular flexibility index (Phi) is 12.7. The van der Waals surface area contributed by atoms with Crippen LogP contribution in [0.2, 0.25) is 0 Å². The quantitative estimate of drug-likeness (QED) is 0.168. The van der Waals surface area contributed by atoms with E-state index in [0.29, 0.717) is 25.7 Å². The highest BCUT2D eigenvalue weighted by molar-refractivity contribution is 14.0. The molecule has 1 saturated carbocycles. The summed E-state index contributed by atoms with van der Waals surface area (Å²) in [5.74, 6) is 1.88. The number of amides is 1. The minimum absolute atomic E-state index is 0. The number of hydrogen-bond donors (Lipinski definition) is 2. The van der Waals surface area contributed by atoms with E-state index in [1.54, 1.807) is 7.05 Å². The molecule has 2 fully saturated rings. The monoisotopic (exact) mass is 558 g/mol. The summed E-state index contributed by atoms with van der Waals surface area (Å²) in [5.41, 5.74) is 0. The summed E-state index contributed by atoms with van der Waals surface area (Å²) >= 11 is 0. The van der Waals surface area contributed by atoms with Gasteiger partial charge >= 0.3 is 0 Å². The molecule has 2 N–H and O–H groups in total. The van der Waals surface area contributed by atoms with Crippen LogP contribution in [-0.2, 0) is 9.53 Å². The molecule has 1 amide bonds. The Labute approximate surface area is 209 Å². The number of aliphatic imine (C=N–C) groups is 1. The Morgan fingerprint density at radius 1 is 1.09 bits per heavy atom. The molecule has 1 aromatic rings. The van der Waals surface area contributed by atoms with Crippen molar-refractivity contribution in [3.63, 3.8) is 0 Å². The van der Waals surface area contributed by atoms with Crippen molar-refractivity contribution >= 4 is 41.7 Å². The number of anilines is 1. The second-order valence-electron chi connectivity index (χ2n) is 8.22. The van der Waals surface area contributed by atoms with Crippen LogP contribution in [0, 0.1) is 0 Å². The number of nitrogens with one attached hydrogen (secondary N) is 2. The van der Waals surface area contributed by atoms with E-state index in [1.165, 1.54) is 38.5 Å². The van der Waals surface area contributed by atoms with Gasteiger partial charge in [-0.05, 0) is 25.0 Å². The van der Waals surface area contributed by atoms with Gasteiger partial charge in [0.1, 0.15) is 5.82 Å². The van der Waals surface area contributed by atoms with Crippen LogP contribution in [0.4, 0.5) is 5.82 Å². The number of pyridine rings is 1. The van der Waals surface area contributed by atoms with Crippen LogP contribution in [-0.4, -0.2) is 80.8 Å². The van der Waals surface area contributed by atoms with Crippen LogP contribution in [0.1, 0.15) is 44.9 Å². The average Bonchev–Trinajstić information content (AvgIpc) is 3.10. The molecule has 1 aromatic heterocycles. The first-order valence-corrected chi connectivity index (χ1v) is 11.8. The van der Waals surface area contributed by atoms with Crippen molar-refractivity contribution in [1.29, 1.82) is 0 Å². The van der Waals surface area contributed by atoms with Crippen LogP contribution in [0.15, 0.2) is 29.4 Å². The second-order valence-corrected chi connectivity index (χ2v) is 8.22. The smallest absolute Gasteiger partial charge is 0.224 e. The molecule has 1 saturated heterocycles. The number of rotatable bonds is 8. The molecule has 2 aliphatic rings. The van der Waals surface area contributed by atoms with E-state index in [-0.39, 0.29) is 29.9 Å². The van der Waals surface area contributed by atoms with Crippen molar-refractivity contribution < 1.29 is 9.53 Å². The molecule has 1 aliphatic carbocycles. The summed E-state index contributed by atoms with van der Waals surface area (Å²) in [5, 5.41) is 6.52. The average molecular weight is 559 g/mol. The van der Waals surface area contributed by atoms with Crippen LogP contribution >= 0.6 is 24.0 Å². The normalized spacial score (nSPS) is 18.0. The van der Waals surface area contributed by atoms with Crippen LogP contribution in [0.3, 0.4) is 0 Å². The highest BCUT2D eigenvalue weighted by atomic mass is 127. The van der Waals surface area contributed by atoms with Gasteiger partial charge in [-0.25, -0.2) is 4.98 Å². The molecular weight excluding hydrogens is 519 g/mol. The zero-order valence-electron chi connectivity index (χ0n) is 19.3. The van der Waals surface area contributed by atoms with Gasteiger partial charge in [0.2, 0.25) is 5.91 Å². The molecule has 0 aromatic carbocycles. The standard InChI is InChI=1S/C23H38N6O2.HI/c1-24-23(27-14-19-31-20-8-4-2-3-5-9-20)26-13-11-22(30)29-17-15-28(16-18-29)21-10-6-7-12-25-21;/h6-7,10,12,20H,2-5,8-9,11,13-19H2,1H3,(H2,24,26,27);1H. The van der Waals surface area contributed by atoms with Gasteiger partial charge in [0.15, 0.2) is 5.96 Å². The van der Waals surface area contributed by atoms with E-state index in [1.807, 2.05) is 29.3 Å². The number of guanidine groups is 1. The van der Waals surface area contributed by atoms with Gasteiger partial charge in [0.05, 0.1) is 12.7 Å². The molecular formula is C23H39IN6O2. The summed E-state index contributed by atoms with van der Waals surface area (Å²) in [7, 11) is 1.75. The van der Waals surface area contributed by atoms with Crippen molar-refractivity contribution in [2.75, 3.05) is 57.8 Å². The van der Waals surface area contributed by atoms with Crippen molar-refractivity contribution in [1.82, 2.24) is 20.5 Å². The summed E-state index contributed by atoms with van der Waals surface area (Å²) < 4.78 is 6.01. The van der Waals surface area contributed by atoms with Gasteiger partial charge in [-0.3, -0.25) is 9.79 Å². The van der Waals surface area contributed by atoms with Crippen LogP contribution in [0.25, 0.3) is 0 Å².